The molecule has 0 aliphatic carbocycles. The van der Waals surface area contributed by atoms with Crippen molar-refractivity contribution in [1.82, 2.24) is 4.98 Å². The molecule has 3 aromatic rings. The summed E-state index contributed by atoms with van der Waals surface area (Å²) in [5.41, 5.74) is 3.03. The van der Waals surface area contributed by atoms with Gasteiger partial charge in [0.15, 0.2) is 11.6 Å². The Kier molecular flexibility index (Phi) is 4.46. The molecule has 1 aromatic heterocycles. The number of rotatable bonds is 4. The molecule has 1 aliphatic heterocycles. The lowest BCUT2D eigenvalue weighted by molar-refractivity contribution is 0.102. The normalized spacial score (nSPS) is 12.2. The topological polar surface area (TPSA) is 60.5 Å². The van der Waals surface area contributed by atoms with Crippen LogP contribution in [-0.4, -0.2) is 24.6 Å². The number of anilines is 1. The molecule has 1 amide bonds. The van der Waals surface area contributed by atoms with Crippen molar-refractivity contribution in [2.75, 3.05) is 19.0 Å². The fourth-order valence-electron chi connectivity index (χ4n) is 3.01. The third-order valence-corrected chi connectivity index (χ3v) is 4.39. The highest BCUT2D eigenvalue weighted by atomic mass is 19.1. The zero-order valence-electron chi connectivity index (χ0n) is 14.7. The molecule has 2 aromatic carbocycles. The number of ether oxygens (including phenoxy) is 2. The number of pyridine rings is 1. The van der Waals surface area contributed by atoms with E-state index >= 15 is 0 Å². The lowest BCUT2D eigenvalue weighted by Gasteiger charge is -2.09. The number of hydrogen-bond acceptors (Lipinski definition) is 4. The minimum Gasteiger partial charge on any atom is -0.494 e. The standard InChI is InChI=1S/C21H17FN2O3/c1-26-19-8-6-15(12-16(19)22)21(25)24-20-4-2-3-17(23-20)13-5-7-18-14(11-13)9-10-27-18/h2-8,11-12H,9-10H2,1H3,(H,23,24,25). The first-order chi connectivity index (χ1) is 13.1. The van der Waals surface area contributed by atoms with Crippen molar-refractivity contribution in [3.8, 4) is 22.8 Å². The molecule has 2 heterocycles. The maximum Gasteiger partial charge on any atom is 0.256 e. The SMILES string of the molecule is COc1ccc(C(=O)Nc2cccc(-c3ccc4c(c3)CCO4)n2)cc1F. The van der Waals surface area contributed by atoms with E-state index in [0.29, 0.717) is 12.4 Å². The molecule has 6 heteroatoms. The molecule has 0 unspecified atom stereocenters. The van der Waals surface area contributed by atoms with Crippen LogP contribution in [0.15, 0.2) is 54.6 Å². The molecule has 136 valence electrons. The van der Waals surface area contributed by atoms with Gasteiger partial charge in [-0.25, -0.2) is 9.37 Å². The van der Waals surface area contributed by atoms with E-state index in [1.807, 2.05) is 24.3 Å². The van der Waals surface area contributed by atoms with Gasteiger partial charge in [-0.05, 0) is 54.1 Å². The van der Waals surface area contributed by atoms with Gasteiger partial charge in [0.05, 0.1) is 19.4 Å². The van der Waals surface area contributed by atoms with E-state index in [1.165, 1.54) is 19.2 Å². The fourth-order valence-corrected chi connectivity index (χ4v) is 3.01. The van der Waals surface area contributed by atoms with Gasteiger partial charge in [-0.15, -0.1) is 0 Å². The third-order valence-electron chi connectivity index (χ3n) is 4.39. The van der Waals surface area contributed by atoms with Crippen LogP contribution in [0.1, 0.15) is 15.9 Å². The number of hydrogen-bond donors (Lipinski definition) is 1. The van der Waals surface area contributed by atoms with E-state index in [4.69, 9.17) is 9.47 Å². The Balaban J connectivity index is 1.56. The van der Waals surface area contributed by atoms with Gasteiger partial charge < -0.3 is 14.8 Å². The minimum absolute atomic E-state index is 0.0901. The van der Waals surface area contributed by atoms with E-state index in [2.05, 4.69) is 16.4 Å². The third kappa shape index (κ3) is 3.46. The summed E-state index contributed by atoms with van der Waals surface area (Å²) in [7, 11) is 1.37. The van der Waals surface area contributed by atoms with Crippen LogP contribution < -0.4 is 14.8 Å². The van der Waals surface area contributed by atoms with Crippen molar-refractivity contribution >= 4 is 11.7 Å². The van der Waals surface area contributed by atoms with Crippen LogP contribution >= 0.6 is 0 Å². The molecule has 27 heavy (non-hydrogen) atoms. The number of nitrogens with one attached hydrogen (secondary N) is 1. The van der Waals surface area contributed by atoms with Gasteiger partial charge in [0.1, 0.15) is 11.6 Å². The van der Waals surface area contributed by atoms with E-state index in [9.17, 15) is 9.18 Å². The van der Waals surface area contributed by atoms with Crippen LogP contribution in [0, 0.1) is 5.82 Å². The lowest BCUT2D eigenvalue weighted by atomic mass is 10.1. The number of carbonyl (C=O) groups excluding carboxylic acids is 1. The molecule has 0 bridgehead atoms. The zero-order chi connectivity index (χ0) is 18.8. The van der Waals surface area contributed by atoms with Crippen LogP contribution in [0.4, 0.5) is 10.2 Å². The van der Waals surface area contributed by atoms with Crippen molar-refractivity contribution in [3.05, 3.63) is 71.5 Å². The number of fused-ring (bicyclic) bond motifs is 1. The Morgan fingerprint density at radius 2 is 2.07 bits per heavy atom. The summed E-state index contributed by atoms with van der Waals surface area (Å²) in [4.78, 5) is 16.9. The maximum atomic E-state index is 13.8. The maximum absolute atomic E-state index is 13.8. The van der Waals surface area contributed by atoms with Gasteiger partial charge >= 0.3 is 0 Å². The van der Waals surface area contributed by atoms with Crippen LogP contribution in [0.3, 0.4) is 0 Å². The van der Waals surface area contributed by atoms with Gasteiger partial charge in [0, 0.05) is 17.5 Å². The Morgan fingerprint density at radius 3 is 2.89 bits per heavy atom. The Hall–Kier alpha value is -3.41. The quantitative estimate of drug-likeness (QED) is 0.758. The molecule has 0 saturated heterocycles. The smallest absolute Gasteiger partial charge is 0.256 e. The predicted octanol–water partition coefficient (Wildman–Crippen LogP) is 4.08. The summed E-state index contributed by atoms with van der Waals surface area (Å²) in [6.07, 6.45) is 0.878. The van der Waals surface area contributed by atoms with Crippen LogP contribution in [0.25, 0.3) is 11.3 Å². The predicted molar refractivity (Wildman–Crippen MR) is 99.8 cm³/mol. The second kappa shape index (κ2) is 7.07. The second-order valence-electron chi connectivity index (χ2n) is 6.13. The van der Waals surface area contributed by atoms with E-state index in [1.54, 1.807) is 6.07 Å². The van der Waals surface area contributed by atoms with Gasteiger partial charge in [-0.1, -0.05) is 6.07 Å². The van der Waals surface area contributed by atoms with Crippen molar-refractivity contribution in [2.24, 2.45) is 0 Å². The Morgan fingerprint density at radius 1 is 1.19 bits per heavy atom. The number of aromatic nitrogens is 1. The van der Waals surface area contributed by atoms with Gasteiger partial charge in [-0.2, -0.15) is 0 Å². The summed E-state index contributed by atoms with van der Waals surface area (Å²) in [5, 5.41) is 2.70. The summed E-state index contributed by atoms with van der Waals surface area (Å²) < 4.78 is 24.2. The average Bonchev–Trinajstić information content (AvgIpc) is 3.16. The molecule has 1 aliphatic rings. The number of methoxy groups -OCH3 is 1. The summed E-state index contributed by atoms with van der Waals surface area (Å²) in [6.45, 7) is 0.695. The number of carbonyl (C=O) groups is 1. The number of amides is 1. The van der Waals surface area contributed by atoms with Crippen molar-refractivity contribution < 1.29 is 18.7 Å². The van der Waals surface area contributed by atoms with Crippen molar-refractivity contribution in [2.45, 2.75) is 6.42 Å². The molecular weight excluding hydrogens is 347 g/mol. The second-order valence-corrected chi connectivity index (χ2v) is 6.13. The molecule has 0 saturated carbocycles. The van der Waals surface area contributed by atoms with Gasteiger partial charge in [0.2, 0.25) is 0 Å². The Bertz CT molecular complexity index is 1020. The first-order valence-corrected chi connectivity index (χ1v) is 8.52. The van der Waals surface area contributed by atoms with Crippen LogP contribution in [0.2, 0.25) is 0 Å². The van der Waals surface area contributed by atoms with E-state index in [-0.39, 0.29) is 11.3 Å². The highest BCUT2D eigenvalue weighted by molar-refractivity contribution is 6.03. The zero-order valence-corrected chi connectivity index (χ0v) is 14.7. The highest BCUT2D eigenvalue weighted by Gasteiger charge is 2.14. The van der Waals surface area contributed by atoms with E-state index < -0.39 is 11.7 Å². The first kappa shape index (κ1) is 17.0. The van der Waals surface area contributed by atoms with Crippen LogP contribution in [0.5, 0.6) is 11.5 Å². The molecule has 0 radical (unpaired) electrons. The first-order valence-electron chi connectivity index (χ1n) is 8.52. The van der Waals surface area contributed by atoms with E-state index in [0.717, 1.165) is 35.1 Å². The average molecular weight is 364 g/mol. The fraction of sp³-hybridized carbons (Fsp3) is 0.143. The monoisotopic (exact) mass is 364 g/mol. The molecule has 1 N–H and O–H groups in total. The molecular formula is C21H17FN2O3. The molecule has 0 fully saturated rings. The Labute approximate surface area is 155 Å². The van der Waals surface area contributed by atoms with Gasteiger partial charge in [0.25, 0.3) is 5.91 Å². The summed E-state index contributed by atoms with van der Waals surface area (Å²) in [5.74, 6) is 0.359. The van der Waals surface area contributed by atoms with Crippen LogP contribution in [-0.2, 0) is 6.42 Å². The number of benzene rings is 2. The summed E-state index contributed by atoms with van der Waals surface area (Å²) >= 11 is 0. The minimum atomic E-state index is -0.591. The molecule has 4 rings (SSSR count). The summed E-state index contributed by atoms with van der Waals surface area (Å²) in [6, 6.07) is 15.4. The van der Waals surface area contributed by atoms with Gasteiger partial charge in [-0.3, -0.25) is 4.79 Å². The molecule has 5 nitrogen and oxygen atoms in total. The number of nitrogens with zero attached hydrogens (tertiary/aromatic N) is 1. The molecule has 0 spiro atoms. The van der Waals surface area contributed by atoms with Crippen molar-refractivity contribution in [3.63, 3.8) is 0 Å². The highest BCUT2D eigenvalue weighted by Crippen LogP contribution is 2.30. The lowest BCUT2D eigenvalue weighted by Crippen LogP contribution is -2.13. The van der Waals surface area contributed by atoms with Crippen molar-refractivity contribution in [1.29, 1.82) is 0 Å². The molecule has 0 atom stereocenters. The number of halogens is 1. The largest absolute Gasteiger partial charge is 0.494 e.